The van der Waals surface area contributed by atoms with Crippen LogP contribution in [0.15, 0.2) is 29.1 Å². The van der Waals surface area contributed by atoms with Gasteiger partial charge in [0.2, 0.25) is 0 Å². The van der Waals surface area contributed by atoms with Crippen molar-refractivity contribution in [1.82, 2.24) is 19.4 Å². The molecule has 0 N–H and O–H groups in total. The van der Waals surface area contributed by atoms with Crippen LogP contribution < -0.4 is 5.56 Å². The molecule has 3 heterocycles. The van der Waals surface area contributed by atoms with Gasteiger partial charge in [0, 0.05) is 4.88 Å². The number of aryl methyl sites for hydroxylation is 2. The van der Waals surface area contributed by atoms with Gasteiger partial charge >= 0.3 is 0 Å². The first-order chi connectivity index (χ1) is 14.1. The molecule has 0 saturated carbocycles. The Hall–Kier alpha value is -2.19. The topological polar surface area (TPSA) is 51.0 Å². The molecular weight excluding hydrogens is 394 g/mol. The quantitative estimate of drug-likeness (QED) is 0.632. The molecular formula is C21H22F2N4OS. The average Bonchev–Trinajstić information content (AvgIpc) is 3.40. The number of para-hydroxylation sites is 1. The van der Waals surface area contributed by atoms with Crippen LogP contribution in [-0.2, 0) is 25.9 Å². The molecule has 1 aliphatic carbocycles. The lowest BCUT2D eigenvalue weighted by Gasteiger charge is -2.25. The van der Waals surface area contributed by atoms with E-state index < -0.39 is 13.0 Å². The molecule has 5 rings (SSSR count). The summed E-state index contributed by atoms with van der Waals surface area (Å²) >= 11 is 1.76. The third-order valence-electron chi connectivity index (χ3n) is 5.85. The summed E-state index contributed by atoms with van der Waals surface area (Å²) in [7, 11) is 0. The summed E-state index contributed by atoms with van der Waals surface area (Å²) < 4.78 is 27.8. The fourth-order valence-electron chi connectivity index (χ4n) is 4.55. The van der Waals surface area contributed by atoms with Crippen LogP contribution in [0, 0.1) is 0 Å². The maximum absolute atomic E-state index is 13.3. The first kappa shape index (κ1) is 18.8. The Morgan fingerprint density at radius 3 is 2.86 bits per heavy atom. The van der Waals surface area contributed by atoms with Crippen molar-refractivity contribution in [2.24, 2.45) is 0 Å². The number of hydrogen-bond acceptors (Lipinski definition) is 5. The number of alkyl halides is 2. The molecule has 152 valence electrons. The second-order valence-electron chi connectivity index (χ2n) is 7.75. The molecule has 0 radical (unpaired) electrons. The minimum atomic E-state index is -2.61. The molecule has 8 heteroatoms. The number of rotatable bonds is 5. The van der Waals surface area contributed by atoms with E-state index in [1.807, 2.05) is 6.07 Å². The van der Waals surface area contributed by atoms with E-state index in [0.717, 1.165) is 37.2 Å². The monoisotopic (exact) mass is 416 g/mol. The van der Waals surface area contributed by atoms with E-state index in [9.17, 15) is 13.6 Å². The van der Waals surface area contributed by atoms with Crippen LogP contribution >= 0.6 is 11.3 Å². The van der Waals surface area contributed by atoms with Crippen LogP contribution in [-0.4, -0.2) is 32.4 Å². The molecule has 1 atom stereocenters. The predicted octanol–water partition coefficient (Wildman–Crippen LogP) is 3.94. The van der Waals surface area contributed by atoms with Crippen molar-refractivity contribution >= 4 is 22.2 Å². The minimum Gasteiger partial charge on any atom is -0.289 e. The van der Waals surface area contributed by atoms with Gasteiger partial charge in [0.05, 0.1) is 35.7 Å². The van der Waals surface area contributed by atoms with Gasteiger partial charge in [-0.25, -0.2) is 18.7 Å². The summed E-state index contributed by atoms with van der Waals surface area (Å²) in [6, 6.07) is 6.84. The lowest BCUT2D eigenvalue weighted by Crippen LogP contribution is -2.33. The highest BCUT2D eigenvalue weighted by molar-refractivity contribution is 7.11. The Kier molecular flexibility index (Phi) is 4.91. The normalized spacial score (nSPS) is 19.5. The summed E-state index contributed by atoms with van der Waals surface area (Å²) in [5.74, 6) is 0.454. The molecule has 2 aromatic heterocycles. The number of hydrogen-bond donors (Lipinski definition) is 0. The molecule has 1 aliphatic heterocycles. The van der Waals surface area contributed by atoms with Crippen molar-refractivity contribution in [3.8, 4) is 0 Å². The summed E-state index contributed by atoms with van der Waals surface area (Å²) in [5, 5.41) is 1.46. The van der Waals surface area contributed by atoms with E-state index in [-0.39, 0.29) is 11.6 Å². The molecule has 1 fully saturated rings. The van der Waals surface area contributed by atoms with E-state index in [2.05, 4.69) is 9.88 Å². The van der Waals surface area contributed by atoms with Gasteiger partial charge in [-0.3, -0.25) is 14.3 Å². The molecule has 1 unspecified atom stereocenters. The lowest BCUT2D eigenvalue weighted by atomic mass is 10.1. The Balaban J connectivity index is 1.53. The molecule has 0 spiro atoms. The first-order valence-electron chi connectivity index (χ1n) is 10.1. The highest BCUT2D eigenvalue weighted by atomic mass is 32.1. The van der Waals surface area contributed by atoms with E-state index in [0.29, 0.717) is 23.3 Å². The van der Waals surface area contributed by atoms with Crippen LogP contribution in [0.1, 0.15) is 46.7 Å². The van der Waals surface area contributed by atoms with Crippen molar-refractivity contribution in [2.75, 3.05) is 6.54 Å². The van der Waals surface area contributed by atoms with Gasteiger partial charge in [0.15, 0.2) is 0 Å². The standard InChI is InChI=1S/C21H22F2N4OS/c22-18(23)11-27-20(25-14-6-2-1-5-13(14)21(27)28)16-8-4-10-26(16)12-19-24-15-7-3-9-17(15)29-19/h1-2,5-6,16,18H,3-4,7-12H2. The van der Waals surface area contributed by atoms with Gasteiger partial charge < -0.3 is 0 Å². The second kappa shape index (κ2) is 7.57. The van der Waals surface area contributed by atoms with Gasteiger partial charge in [-0.05, 0) is 50.8 Å². The first-order valence-corrected chi connectivity index (χ1v) is 10.9. The Morgan fingerprint density at radius 2 is 2.03 bits per heavy atom. The third kappa shape index (κ3) is 3.48. The fourth-order valence-corrected chi connectivity index (χ4v) is 5.73. The van der Waals surface area contributed by atoms with Crippen LogP contribution in [0.2, 0.25) is 0 Å². The maximum atomic E-state index is 13.3. The van der Waals surface area contributed by atoms with Gasteiger partial charge in [-0.2, -0.15) is 0 Å². The Morgan fingerprint density at radius 1 is 1.17 bits per heavy atom. The average molecular weight is 416 g/mol. The van der Waals surface area contributed by atoms with Gasteiger partial charge in [0.25, 0.3) is 12.0 Å². The van der Waals surface area contributed by atoms with Crippen LogP contribution in [0.25, 0.3) is 10.9 Å². The number of aromatic nitrogens is 3. The Bertz CT molecular complexity index is 1090. The highest BCUT2D eigenvalue weighted by Crippen LogP contribution is 2.35. The highest BCUT2D eigenvalue weighted by Gasteiger charge is 2.32. The molecule has 0 amide bonds. The lowest BCUT2D eigenvalue weighted by molar-refractivity contribution is 0.120. The van der Waals surface area contributed by atoms with E-state index in [4.69, 9.17) is 4.98 Å². The van der Waals surface area contributed by atoms with Crippen molar-refractivity contribution < 1.29 is 8.78 Å². The summed E-state index contributed by atoms with van der Waals surface area (Å²) in [6.07, 6.45) is 2.49. The van der Waals surface area contributed by atoms with E-state index >= 15 is 0 Å². The van der Waals surface area contributed by atoms with Crippen LogP contribution in [0.3, 0.4) is 0 Å². The van der Waals surface area contributed by atoms with Gasteiger partial charge in [0.1, 0.15) is 10.8 Å². The number of likely N-dealkylation sites (tertiary alicyclic amines) is 1. The van der Waals surface area contributed by atoms with E-state index in [1.165, 1.54) is 21.6 Å². The number of thiazole rings is 1. The van der Waals surface area contributed by atoms with Crippen molar-refractivity contribution in [3.05, 3.63) is 56.0 Å². The predicted molar refractivity (Wildman–Crippen MR) is 109 cm³/mol. The third-order valence-corrected chi connectivity index (χ3v) is 6.99. The van der Waals surface area contributed by atoms with Gasteiger partial charge in [-0.1, -0.05) is 12.1 Å². The number of benzene rings is 1. The Labute approximate surface area is 171 Å². The second-order valence-corrected chi connectivity index (χ2v) is 8.92. The molecule has 0 bridgehead atoms. The number of halogens is 2. The summed E-state index contributed by atoms with van der Waals surface area (Å²) in [5.41, 5.74) is 1.41. The fraction of sp³-hybridized carbons (Fsp3) is 0.476. The van der Waals surface area contributed by atoms with Crippen molar-refractivity contribution in [3.63, 3.8) is 0 Å². The molecule has 3 aromatic rings. The van der Waals surface area contributed by atoms with Gasteiger partial charge in [-0.15, -0.1) is 11.3 Å². The number of fused-ring (bicyclic) bond motifs is 2. The molecule has 1 saturated heterocycles. The van der Waals surface area contributed by atoms with E-state index in [1.54, 1.807) is 29.5 Å². The summed E-state index contributed by atoms with van der Waals surface area (Å²) in [6.45, 7) is 0.911. The summed E-state index contributed by atoms with van der Waals surface area (Å²) in [4.78, 5) is 26.1. The van der Waals surface area contributed by atoms with Crippen LogP contribution in [0.5, 0.6) is 0 Å². The zero-order chi connectivity index (χ0) is 20.0. The molecule has 1 aromatic carbocycles. The maximum Gasteiger partial charge on any atom is 0.261 e. The SMILES string of the molecule is O=c1c2ccccc2nc(C2CCCN2Cc2nc3c(s2)CCC3)n1CC(F)F. The zero-order valence-corrected chi connectivity index (χ0v) is 16.8. The van der Waals surface area contributed by atoms with Crippen molar-refractivity contribution in [2.45, 2.75) is 57.7 Å². The minimum absolute atomic E-state index is 0.148. The molecule has 5 nitrogen and oxygen atoms in total. The van der Waals surface area contributed by atoms with Crippen LogP contribution in [0.4, 0.5) is 8.78 Å². The molecule has 2 aliphatic rings. The zero-order valence-electron chi connectivity index (χ0n) is 16.0. The number of nitrogens with zero attached hydrogens (tertiary/aromatic N) is 4. The molecule has 29 heavy (non-hydrogen) atoms. The smallest absolute Gasteiger partial charge is 0.261 e. The largest absolute Gasteiger partial charge is 0.289 e. The van der Waals surface area contributed by atoms with Crippen molar-refractivity contribution in [1.29, 1.82) is 0 Å².